The van der Waals surface area contributed by atoms with Crippen LogP contribution in [0, 0.1) is 6.92 Å². The van der Waals surface area contributed by atoms with Gasteiger partial charge in [-0.1, -0.05) is 6.07 Å². The van der Waals surface area contributed by atoms with Crippen LogP contribution in [0.25, 0.3) is 5.76 Å². The second-order valence-corrected chi connectivity index (χ2v) is 8.74. The van der Waals surface area contributed by atoms with Crippen LogP contribution < -0.4 is 14.2 Å². The lowest BCUT2D eigenvalue weighted by Crippen LogP contribution is -2.42. The molecule has 9 heteroatoms. The zero-order valence-corrected chi connectivity index (χ0v) is 21.1. The lowest BCUT2D eigenvalue weighted by molar-refractivity contribution is -0.140. The van der Waals surface area contributed by atoms with E-state index >= 15 is 0 Å². The molecule has 2 aromatic rings. The van der Waals surface area contributed by atoms with Gasteiger partial charge in [0.25, 0.3) is 11.7 Å². The van der Waals surface area contributed by atoms with Gasteiger partial charge in [0.1, 0.15) is 11.5 Å². The number of ether oxygens (including phenoxy) is 4. The first-order valence-electron chi connectivity index (χ1n) is 11.8. The molecule has 2 fully saturated rings. The predicted octanol–water partition coefficient (Wildman–Crippen LogP) is 2.77. The number of likely N-dealkylation sites (tertiary alicyclic amines) is 1. The van der Waals surface area contributed by atoms with Crippen LogP contribution in [0.15, 0.2) is 42.0 Å². The van der Waals surface area contributed by atoms with Crippen molar-refractivity contribution >= 4 is 17.4 Å². The molecular weight excluding hydrogens is 464 g/mol. The second kappa shape index (κ2) is 11.0. The Balaban J connectivity index is 1.80. The van der Waals surface area contributed by atoms with Crippen molar-refractivity contribution in [3.8, 4) is 17.2 Å². The lowest BCUT2D eigenvalue weighted by atomic mass is 9.93. The highest BCUT2D eigenvalue weighted by Crippen LogP contribution is 2.42. The molecule has 2 saturated heterocycles. The molecule has 36 heavy (non-hydrogen) atoms. The van der Waals surface area contributed by atoms with Gasteiger partial charge in [-0.15, -0.1) is 0 Å². The van der Waals surface area contributed by atoms with E-state index in [1.807, 2.05) is 6.92 Å². The van der Waals surface area contributed by atoms with E-state index in [2.05, 4.69) is 4.90 Å². The fraction of sp³-hybridized carbons (Fsp3) is 0.407. The molecule has 2 aliphatic rings. The first-order valence-corrected chi connectivity index (χ1v) is 11.8. The van der Waals surface area contributed by atoms with Crippen molar-refractivity contribution in [1.82, 2.24) is 9.80 Å². The Morgan fingerprint density at radius 2 is 1.69 bits per heavy atom. The quantitative estimate of drug-likeness (QED) is 0.339. The van der Waals surface area contributed by atoms with E-state index in [1.54, 1.807) is 50.6 Å². The highest BCUT2D eigenvalue weighted by Gasteiger charge is 2.46. The molecule has 1 amide bonds. The van der Waals surface area contributed by atoms with Crippen LogP contribution >= 0.6 is 0 Å². The van der Waals surface area contributed by atoms with Crippen molar-refractivity contribution < 1.29 is 33.6 Å². The second-order valence-electron chi connectivity index (χ2n) is 8.74. The summed E-state index contributed by atoms with van der Waals surface area (Å²) in [4.78, 5) is 30.4. The molecule has 2 heterocycles. The zero-order chi connectivity index (χ0) is 25.8. The van der Waals surface area contributed by atoms with Crippen LogP contribution in [0.5, 0.6) is 17.2 Å². The van der Waals surface area contributed by atoms with E-state index in [4.69, 9.17) is 18.9 Å². The molecular formula is C27H32N2O7. The van der Waals surface area contributed by atoms with E-state index in [1.165, 1.54) is 12.0 Å². The van der Waals surface area contributed by atoms with Crippen molar-refractivity contribution in [2.24, 2.45) is 0 Å². The number of Topliss-reactive ketones (excluding diaryl/α,β-unsaturated/α-hetero) is 1. The largest absolute Gasteiger partial charge is 0.507 e. The molecule has 1 unspecified atom stereocenters. The minimum Gasteiger partial charge on any atom is -0.507 e. The van der Waals surface area contributed by atoms with Gasteiger partial charge in [-0.05, 0) is 48.4 Å². The van der Waals surface area contributed by atoms with Crippen LogP contribution in [-0.4, -0.2) is 87.3 Å². The molecule has 0 saturated carbocycles. The third-order valence-corrected chi connectivity index (χ3v) is 6.71. The van der Waals surface area contributed by atoms with Crippen LogP contribution in [-0.2, 0) is 14.3 Å². The molecule has 0 bridgehead atoms. The maximum absolute atomic E-state index is 13.4. The third-order valence-electron chi connectivity index (χ3n) is 6.71. The average Bonchev–Trinajstić information content (AvgIpc) is 3.16. The number of nitrogens with zero attached hydrogens (tertiary/aromatic N) is 2. The summed E-state index contributed by atoms with van der Waals surface area (Å²) in [5.74, 6) is 0.0424. The van der Waals surface area contributed by atoms with Gasteiger partial charge in [0.15, 0.2) is 11.5 Å². The van der Waals surface area contributed by atoms with Gasteiger partial charge in [-0.2, -0.15) is 0 Å². The number of aliphatic hydroxyl groups excluding tert-OH is 1. The van der Waals surface area contributed by atoms with E-state index < -0.39 is 17.7 Å². The van der Waals surface area contributed by atoms with Crippen molar-refractivity contribution in [1.29, 1.82) is 0 Å². The standard InChI is InChI=1S/C27H32N2O7/c1-17-15-19(33-2)6-7-20(17)25(30)23-24(18-5-8-21(34-3)22(16-18)35-4)29(27(32)26(23)31)10-9-28-11-13-36-14-12-28/h5-8,15-16,24,30H,9-14H2,1-4H3/b25-23+. The number of aryl methyl sites for hydroxylation is 1. The summed E-state index contributed by atoms with van der Waals surface area (Å²) < 4.78 is 21.5. The summed E-state index contributed by atoms with van der Waals surface area (Å²) in [5.41, 5.74) is 1.87. The first kappa shape index (κ1) is 25.5. The summed E-state index contributed by atoms with van der Waals surface area (Å²) in [5, 5.41) is 11.4. The fourth-order valence-electron chi connectivity index (χ4n) is 4.73. The maximum atomic E-state index is 13.4. The molecule has 192 valence electrons. The summed E-state index contributed by atoms with van der Waals surface area (Å²) in [6, 6.07) is 9.65. The summed E-state index contributed by atoms with van der Waals surface area (Å²) >= 11 is 0. The number of morpholine rings is 1. The Labute approximate surface area is 210 Å². The Hall–Kier alpha value is -3.56. The van der Waals surface area contributed by atoms with E-state index in [9.17, 15) is 14.7 Å². The molecule has 0 aromatic heterocycles. The average molecular weight is 497 g/mol. The number of aliphatic hydroxyl groups is 1. The summed E-state index contributed by atoms with van der Waals surface area (Å²) in [6.45, 7) is 5.51. The Morgan fingerprint density at radius 3 is 2.33 bits per heavy atom. The van der Waals surface area contributed by atoms with Gasteiger partial charge in [-0.3, -0.25) is 14.5 Å². The topological polar surface area (TPSA) is 97.8 Å². The number of hydrogen-bond acceptors (Lipinski definition) is 8. The monoisotopic (exact) mass is 496 g/mol. The predicted molar refractivity (Wildman–Crippen MR) is 134 cm³/mol. The van der Waals surface area contributed by atoms with Crippen molar-refractivity contribution in [2.75, 3.05) is 60.7 Å². The molecule has 4 rings (SSSR count). The molecule has 1 atom stereocenters. The maximum Gasteiger partial charge on any atom is 0.295 e. The minimum atomic E-state index is -0.785. The van der Waals surface area contributed by atoms with Gasteiger partial charge in [0.05, 0.1) is 46.2 Å². The Morgan fingerprint density at radius 1 is 0.972 bits per heavy atom. The normalized spacial score (nSPS) is 20.0. The number of amides is 1. The number of rotatable bonds is 8. The van der Waals surface area contributed by atoms with Crippen LogP contribution in [0.1, 0.15) is 22.7 Å². The smallest absolute Gasteiger partial charge is 0.295 e. The number of carbonyl (C=O) groups excluding carboxylic acids is 2. The summed E-state index contributed by atoms with van der Waals surface area (Å²) in [6.07, 6.45) is 0. The van der Waals surface area contributed by atoms with E-state index in [0.29, 0.717) is 54.7 Å². The van der Waals surface area contributed by atoms with Gasteiger partial charge >= 0.3 is 0 Å². The molecule has 9 nitrogen and oxygen atoms in total. The number of hydrogen-bond donors (Lipinski definition) is 1. The minimum absolute atomic E-state index is 0.0439. The zero-order valence-electron chi connectivity index (χ0n) is 21.1. The van der Waals surface area contributed by atoms with Crippen LogP contribution in [0.3, 0.4) is 0 Å². The van der Waals surface area contributed by atoms with Gasteiger partial charge < -0.3 is 29.0 Å². The van der Waals surface area contributed by atoms with Crippen molar-refractivity contribution in [3.05, 3.63) is 58.7 Å². The van der Waals surface area contributed by atoms with Crippen LogP contribution in [0.2, 0.25) is 0 Å². The highest BCUT2D eigenvalue weighted by atomic mass is 16.5. The molecule has 2 aliphatic heterocycles. The van der Waals surface area contributed by atoms with Gasteiger partial charge in [0.2, 0.25) is 0 Å². The van der Waals surface area contributed by atoms with Crippen molar-refractivity contribution in [3.63, 3.8) is 0 Å². The first-order chi connectivity index (χ1) is 17.4. The molecule has 0 radical (unpaired) electrons. The third kappa shape index (κ3) is 4.89. The number of carbonyl (C=O) groups is 2. The summed E-state index contributed by atoms with van der Waals surface area (Å²) in [7, 11) is 4.63. The van der Waals surface area contributed by atoms with Gasteiger partial charge in [-0.25, -0.2) is 0 Å². The van der Waals surface area contributed by atoms with E-state index in [0.717, 1.165) is 18.7 Å². The van der Waals surface area contributed by atoms with Crippen molar-refractivity contribution in [2.45, 2.75) is 13.0 Å². The molecule has 1 N–H and O–H groups in total. The molecule has 0 aliphatic carbocycles. The molecule has 2 aromatic carbocycles. The lowest BCUT2D eigenvalue weighted by Gasteiger charge is -2.31. The number of ketones is 1. The van der Waals surface area contributed by atoms with Crippen LogP contribution in [0.4, 0.5) is 0 Å². The Kier molecular flexibility index (Phi) is 7.81. The van der Waals surface area contributed by atoms with Gasteiger partial charge in [0, 0.05) is 31.7 Å². The number of benzene rings is 2. The number of methoxy groups -OCH3 is 3. The SMILES string of the molecule is COc1ccc(/C(O)=C2\C(=O)C(=O)N(CCN3CCOCC3)C2c2ccc(OC)c(OC)c2)c(C)c1. The highest BCUT2D eigenvalue weighted by molar-refractivity contribution is 6.46. The van der Waals surface area contributed by atoms with E-state index in [-0.39, 0.29) is 11.3 Å². The Bertz CT molecular complexity index is 1170. The molecule has 0 spiro atoms. The fourth-order valence-corrected chi connectivity index (χ4v) is 4.73.